The van der Waals surface area contributed by atoms with Crippen molar-refractivity contribution in [2.24, 2.45) is 0 Å². The minimum absolute atomic E-state index is 1.18. The van der Waals surface area contributed by atoms with Gasteiger partial charge in [0, 0.05) is 16.2 Å². The highest BCUT2D eigenvalue weighted by Crippen LogP contribution is 2.48. The Bertz CT molecular complexity index is 4190. The zero-order valence-corrected chi connectivity index (χ0v) is 35.5. The molecule has 14 aromatic rings. The number of hydrogen-bond donors (Lipinski definition) is 0. The molecule has 1 heteroatoms. The quantitative estimate of drug-likeness (QED) is 0.156. The lowest BCUT2D eigenvalue weighted by molar-refractivity contribution is 1.20. The Morgan fingerprint density at radius 2 is 0.723 bits per heavy atom. The molecule has 300 valence electrons. The monoisotopic (exact) mass is 821 g/mol. The molecule has 0 saturated heterocycles. The fourth-order valence-electron chi connectivity index (χ4n) is 11.3. The van der Waals surface area contributed by atoms with Gasteiger partial charge in [-0.2, -0.15) is 0 Å². The molecule has 0 bridgehead atoms. The van der Waals surface area contributed by atoms with Crippen LogP contribution in [-0.4, -0.2) is 4.57 Å². The van der Waals surface area contributed by atoms with E-state index < -0.39 is 0 Å². The van der Waals surface area contributed by atoms with Gasteiger partial charge < -0.3 is 4.57 Å². The molecule has 0 aliphatic carbocycles. The smallest absolute Gasteiger partial charge is 0.0548 e. The number of aromatic nitrogens is 1. The van der Waals surface area contributed by atoms with Crippen molar-refractivity contribution in [3.63, 3.8) is 0 Å². The molecule has 1 heterocycles. The van der Waals surface area contributed by atoms with Gasteiger partial charge in [0.15, 0.2) is 0 Å². The number of fused-ring (bicyclic) bond motifs is 12. The molecule has 0 amide bonds. The van der Waals surface area contributed by atoms with Crippen LogP contribution in [0, 0.1) is 0 Å². The zero-order chi connectivity index (χ0) is 42.6. The van der Waals surface area contributed by atoms with Crippen molar-refractivity contribution < 1.29 is 0 Å². The molecule has 0 aliphatic rings. The van der Waals surface area contributed by atoms with Gasteiger partial charge in [-0.25, -0.2) is 0 Å². The van der Waals surface area contributed by atoms with Crippen LogP contribution in [0.15, 0.2) is 237 Å². The van der Waals surface area contributed by atoms with Crippen molar-refractivity contribution in [2.45, 2.75) is 0 Å². The summed E-state index contributed by atoms with van der Waals surface area (Å²) in [6.07, 6.45) is 0. The summed E-state index contributed by atoms with van der Waals surface area (Å²) < 4.78 is 2.51. The van der Waals surface area contributed by atoms with Crippen LogP contribution in [0.2, 0.25) is 0 Å². The van der Waals surface area contributed by atoms with Crippen LogP contribution in [0.1, 0.15) is 0 Å². The third-order valence-corrected chi connectivity index (χ3v) is 14.1. The lowest BCUT2D eigenvalue weighted by Gasteiger charge is -2.20. The van der Waals surface area contributed by atoms with Crippen LogP contribution < -0.4 is 0 Å². The van der Waals surface area contributed by atoms with Gasteiger partial charge >= 0.3 is 0 Å². The summed E-state index contributed by atoms with van der Waals surface area (Å²) in [5, 5.41) is 20.1. The van der Waals surface area contributed by atoms with Crippen molar-refractivity contribution in [2.75, 3.05) is 0 Å². The van der Waals surface area contributed by atoms with Crippen molar-refractivity contribution in [3.8, 4) is 39.1 Å². The van der Waals surface area contributed by atoms with Gasteiger partial charge in [0.05, 0.1) is 16.7 Å². The Kier molecular flexibility index (Phi) is 7.75. The van der Waals surface area contributed by atoms with E-state index in [9.17, 15) is 0 Å². The van der Waals surface area contributed by atoms with E-state index in [0.717, 1.165) is 0 Å². The number of rotatable bonds is 4. The molecule has 1 nitrogen and oxygen atoms in total. The summed E-state index contributed by atoms with van der Waals surface area (Å²) in [4.78, 5) is 0. The molecule has 0 spiro atoms. The van der Waals surface area contributed by atoms with Gasteiger partial charge in [-0.3, -0.25) is 0 Å². The maximum Gasteiger partial charge on any atom is 0.0548 e. The van der Waals surface area contributed by atoms with Crippen LogP contribution in [-0.2, 0) is 0 Å². The Labute approximate surface area is 375 Å². The first-order valence-electron chi connectivity index (χ1n) is 22.6. The first kappa shape index (κ1) is 36.0. The van der Waals surface area contributed by atoms with E-state index in [1.807, 2.05) is 0 Å². The molecule has 13 aromatic carbocycles. The molecule has 0 radical (unpaired) electrons. The first-order chi connectivity index (χ1) is 32.3. The summed E-state index contributed by atoms with van der Waals surface area (Å²) >= 11 is 0. The van der Waals surface area contributed by atoms with Gasteiger partial charge in [-0.1, -0.05) is 200 Å². The molecule has 0 unspecified atom stereocenters. The minimum Gasteiger partial charge on any atom is -0.309 e. The van der Waals surface area contributed by atoms with E-state index in [-0.39, 0.29) is 0 Å². The average Bonchev–Trinajstić information content (AvgIpc) is 3.72. The largest absolute Gasteiger partial charge is 0.309 e. The molecule has 1 aromatic heterocycles. The predicted molar refractivity (Wildman–Crippen MR) is 280 cm³/mol. The minimum atomic E-state index is 1.18. The van der Waals surface area contributed by atoms with Crippen LogP contribution in [0.25, 0.3) is 136 Å². The van der Waals surface area contributed by atoms with E-state index in [1.165, 1.54) is 136 Å². The standard InChI is InChI=1S/C64H39N/c1-2-18-43(19-3-1)61-51-26-10-11-27-52(51)62(54-34-31-46(39-57(54)61)48-28-12-20-40-15-4-7-23-47(40)48)53-29-13-21-44-38-56-45(37-55(44)53)22-14-30-58(56)65-59-35-32-41-16-5-8-24-49(41)63(59)64-50-25-9-6-17-42(50)33-36-60(64)65/h1-39H. The average molecular weight is 822 g/mol. The van der Waals surface area contributed by atoms with Gasteiger partial charge in [-0.15, -0.1) is 0 Å². The fourth-order valence-corrected chi connectivity index (χ4v) is 11.3. The van der Waals surface area contributed by atoms with Gasteiger partial charge in [0.2, 0.25) is 0 Å². The second-order valence-electron chi connectivity index (χ2n) is 17.5. The maximum absolute atomic E-state index is 2.51. The number of nitrogens with zero attached hydrogens (tertiary/aromatic N) is 1. The molecule has 0 aliphatic heterocycles. The van der Waals surface area contributed by atoms with Crippen molar-refractivity contribution in [3.05, 3.63) is 237 Å². The number of benzene rings is 13. The zero-order valence-electron chi connectivity index (χ0n) is 35.5. The lowest BCUT2D eigenvalue weighted by atomic mass is 9.83. The molecule has 0 saturated carbocycles. The normalized spacial score (nSPS) is 12.0. The Balaban J connectivity index is 1.05. The van der Waals surface area contributed by atoms with Crippen molar-refractivity contribution in [1.29, 1.82) is 0 Å². The molecular weight excluding hydrogens is 783 g/mol. The van der Waals surface area contributed by atoms with Crippen LogP contribution >= 0.6 is 0 Å². The highest BCUT2D eigenvalue weighted by atomic mass is 15.0. The summed E-state index contributed by atoms with van der Waals surface area (Å²) in [7, 11) is 0. The van der Waals surface area contributed by atoms with E-state index in [2.05, 4.69) is 241 Å². The van der Waals surface area contributed by atoms with E-state index >= 15 is 0 Å². The third kappa shape index (κ3) is 5.33. The summed E-state index contributed by atoms with van der Waals surface area (Å²) in [5.74, 6) is 0. The van der Waals surface area contributed by atoms with Gasteiger partial charge in [0.1, 0.15) is 0 Å². The Morgan fingerprint density at radius 3 is 1.42 bits per heavy atom. The first-order valence-corrected chi connectivity index (χ1v) is 22.6. The molecule has 14 rings (SSSR count). The van der Waals surface area contributed by atoms with Crippen LogP contribution in [0.3, 0.4) is 0 Å². The van der Waals surface area contributed by atoms with Gasteiger partial charge in [0.25, 0.3) is 0 Å². The predicted octanol–water partition coefficient (Wildman–Crippen LogP) is 17.9. The summed E-state index contributed by atoms with van der Waals surface area (Å²) in [6, 6.07) is 88.0. The van der Waals surface area contributed by atoms with E-state index in [0.29, 0.717) is 0 Å². The second-order valence-corrected chi connectivity index (χ2v) is 17.5. The highest BCUT2D eigenvalue weighted by Gasteiger charge is 2.22. The Morgan fingerprint density at radius 1 is 0.231 bits per heavy atom. The van der Waals surface area contributed by atoms with Crippen molar-refractivity contribution in [1.82, 2.24) is 4.57 Å². The molecule has 0 fully saturated rings. The summed E-state index contributed by atoms with van der Waals surface area (Å²) in [6.45, 7) is 0. The lowest BCUT2D eigenvalue weighted by Crippen LogP contribution is -1.96. The fraction of sp³-hybridized carbons (Fsp3) is 0. The highest BCUT2D eigenvalue weighted by molar-refractivity contribution is 6.29. The third-order valence-electron chi connectivity index (χ3n) is 14.1. The van der Waals surface area contributed by atoms with Crippen LogP contribution in [0.4, 0.5) is 0 Å². The maximum atomic E-state index is 2.51. The Hall–Kier alpha value is -8.52. The molecule has 65 heavy (non-hydrogen) atoms. The van der Waals surface area contributed by atoms with Crippen LogP contribution in [0.5, 0.6) is 0 Å². The van der Waals surface area contributed by atoms with Gasteiger partial charge in [-0.05, 0) is 140 Å². The number of hydrogen-bond acceptors (Lipinski definition) is 0. The van der Waals surface area contributed by atoms with E-state index in [1.54, 1.807) is 0 Å². The SMILES string of the molecule is c1ccc(-c2c3ccccc3c(-c3cccc4cc5c(-n6c7ccc8ccccc8c7c7c8ccccc8ccc76)cccc5cc34)c3ccc(-c4cccc5ccccc45)cc23)cc1. The topological polar surface area (TPSA) is 4.93 Å². The molecule has 0 N–H and O–H groups in total. The second kappa shape index (κ2) is 14.0. The molecule has 0 atom stereocenters. The van der Waals surface area contributed by atoms with E-state index in [4.69, 9.17) is 0 Å². The van der Waals surface area contributed by atoms with Crippen molar-refractivity contribution >= 4 is 97.2 Å². The molecular formula is C64H39N. The summed E-state index contributed by atoms with van der Waals surface area (Å²) in [5.41, 5.74) is 11.1.